The Morgan fingerprint density at radius 1 is 1.33 bits per heavy atom. The number of thioether (sulfide) groups is 1. The first-order chi connectivity index (χ1) is 8.29. The maximum Gasteiger partial charge on any atom is 0.447 e. The van der Waals surface area contributed by atoms with Crippen molar-refractivity contribution >= 4 is 17.4 Å². The molecule has 0 fully saturated rings. The molecule has 0 bridgehead atoms. The molecule has 0 saturated heterocycles. The van der Waals surface area contributed by atoms with E-state index >= 15 is 0 Å². The minimum Gasteiger partial charge on any atom is -0.294 e. The van der Waals surface area contributed by atoms with Crippen LogP contribution in [0.5, 0.6) is 0 Å². The molecule has 0 atom stereocenters. The van der Waals surface area contributed by atoms with Crippen molar-refractivity contribution in [2.75, 3.05) is 0 Å². The standard InChI is InChI=1S/C12H13F3N2S/c1-7(2)9-5-4-6-17-10(9)16-8(3)11(17)18-12(13,14)15/h4-7H,1-3H3. The fourth-order valence-corrected chi connectivity index (χ4v) is 2.52. The van der Waals surface area contributed by atoms with Crippen LogP contribution in [-0.4, -0.2) is 14.9 Å². The Hall–Kier alpha value is -1.17. The molecule has 2 rings (SSSR count). The van der Waals surface area contributed by atoms with Crippen LogP contribution in [0.4, 0.5) is 13.2 Å². The number of halogens is 3. The van der Waals surface area contributed by atoms with Crippen LogP contribution >= 0.6 is 11.8 Å². The van der Waals surface area contributed by atoms with Crippen LogP contribution in [0.25, 0.3) is 5.65 Å². The number of pyridine rings is 1. The van der Waals surface area contributed by atoms with Crippen molar-refractivity contribution in [1.29, 1.82) is 0 Å². The van der Waals surface area contributed by atoms with Gasteiger partial charge in [0.05, 0.1) is 5.69 Å². The van der Waals surface area contributed by atoms with E-state index in [1.54, 1.807) is 19.2 Å². The predicted molar refractivity (Wildman–Crippen MR) is 65.9 cm³/mol. The summed E-state index contributed by atoms with van der Waals surface area (Å²) in [7, 11) is 0. The third-order valence-corrected chi connectivity index (χ3v) is 3.55. The summed E-state index contributed by atoms with van der Waals surface area (Å²) in [6, 6.07) is 3.65. The van der Waals surface area contributed by atoms with Crippen molar-refractivity contribution in [2.45, 2.75) is 37.2 Å². The molecular weight excluding hydrogens is 261 g/mol. The molecule has 0 radical (unpaired) electrons. The first kappa shape index (κ1) is 13.3. The van der Waals surface area contributed by atoms with Crippen molar-refractivity contribution in [1.82, 2.24) is 9.38 Å². The highest BCUT2D eigenvalue weighted by molar-refractivity contribution is 8.00. The normalized spacial score (nSPS) is 12.6. The number of aromatic nitrogens is 2. The van der Waals surface area contributed by atoms with Crippen LogP contribution in [-0.2, 0) is 0 Å². The van der Waals surface area contributed by atoms with Gasteiger partial charge >= 0.3 is 5.51 Å². The molecule has 0 aromatic carbocycles. The third-order valence-electron chi connectivity index (χ3n) is 2.63. The van der Waals surface area contributed by atoms with Crippen LogP contribution in [0.1, 0.15) is 31.0 Å². The van der Waals surface area contributed by atoms with E-state index in [1.165, 1.54) is 4.40 Å². The van der Waals surface area contributed by atoms with Gasteiger partial charge in [0.2, 0.25) is 0 Å². The zero-order valence-electron chi connectivity index (χ0n) is 10.2. The van der Waals surface area contributed by atoms with Gasteiger partial charge in [-0.2, -0.15) is 13.2 Å². The fraction of sp³-hybridized carbons (Fsp3) is 0.417. The number of rotatable bonds is 2. The number of aryl methyl sites for hydroxylation is 1. The molecule has 2 heterocycles. The molecule has 2 aromatic heterocycles. The van der Waals surface area contributed by atoms with Crippen molar-refractivity contribution in [3.63, 3.8) is 0 Å². The second kappa shape index (κ2) is 4.50. The smallest absolute Gasteiger partial charge is 0.294 e. The second-order valence-corrected chi connectivity index (χ2v) is 5.42. The highest BCUT2D eigenvalue weighted by Gasteiger charge is 2.32. The highest BCUT2D eigenvalue weighted by atomic mass is 32.2. The van der Waals surface area contributed by atoms with Crippen LogP contribution < -0.4 is 0 Å². The lowest BCUT2D eigenvalue weighted by Crippen LogP contribution is -2.02. The van der Waals surface area contributed by atoms with Crippen molar-refractivity contribution in [3.8, 4) is 0 Å². The molecule has 0 aliphatic carbocycles. The van der Waals surface area contributed by atoms with Gasteiger partial charge in [0, 0.05) is 18.0 Å². The average Bonchev–Trinajstić information content (AvgIpc) is 2.53. The van der Waals surface area contributed by atoms with E-state index in [0.29, 0.717) is 11.3 Å². The third kappa shape index (κ3) is 2.48. The van der Waals surface area contributed by atoms with E-state index in [0.717, 1.165) is 5.56 Å². The van der Waals surface area contributed by atoms with Crippen LogP contribution in [0, 0.1) is 6.92 Å². The summed E-state index contributed by atoms with van der Waals surface area (Å²) in [4.78, 5) is 4.26. The van der Waals surface area contributed by atoms with Crippen LogP contribution in [0.3, 0.4) is 0 Å². The van der Waals surface area contributed by atoms with Gasteiger partial charge in [0.15, 0.2) is 0 Å². The van der Waals surface area contributed by atoms with Gasteiger partial charge in [-0.1, -0.05) is 19.9 Å². The fourth-order valence-electron chi connectivity index (χ4n) is 1.86. The van der Waals surface area contributed by atoms with Gasteiger partial charge in [-0.25, -0.2) is 4.98 Å². The Kier molecular flexibility index (Phi) is 3.31. The van der Waals surface area contributed by atoms with Gasteiger partial charge in [-0.05, 0) is 24.5 Å². The molecule has 0 unspecified atom stereocenters. The van der Waals surface area contributed by atoms with E-state index < -0.39 is 5.51 Å². The minimum absolute atomic E-state index is 0.116. The Morgan fingerprint density at radius 2 is 2.00 bits per heavy atom. The Balaban J connectivity index is 2.62. The quantitative estimate of drug-likeness (QED) is 0.756. The molecule has 2 nitrogen and oxygen atoms in total. The van der Waals surface area contributed by atoms with Crippen molar-refractivity contribution < 1.29 is 13.2 Å². The number of nitrogens with zero attached hydrogens (tertiary/aromatic N) is 2. The molecule has 2 aromatic rings. The summed E-state index contributed by atoms with van der Waals surface area (Å²) in [5.41, 5.74) is -2.33. The molecule has 0 aliphatic heterocycles. The highest BCUT2D eigenvalue weighted by Crippen LogP contribution is 2.39. The summed E-state index contributed by atoms with van der Waals surface area (Å²) in [5.74, 6) is 0.222. The zero-order chi connectivity index (χ0) is 13.5. The molecule has 0 spiro atoms. The van der Waals surface area contributed by atoms with E-state index in [2.05, 4.69) is 4.98 Å². The molecule has 0 saturated carbocycles. The number of hydrogen-bond acceptors (Lipinski definition) is 2. The molecule has 0 N–H and O–H groups in total. The largest absolute Gasteiger partial charge is 0.447 e. The molecule has 18 heavy (non-hydrogen) atoms. The van der Waals surface area contributed by atoms with Gasteiger partial charge < -0.3 is 0 Å². The Morgan fingerprint density at radius 3 is 2.56 bits per heavy atom. The molecule has 0 amide bonds. The van der Waals surface area contributed by atoms with Crippen molar-refractivity contribution in [3.05, 3.63) is 29.6 Å². The van der Waals surface area contributed by atoms with Gasteiger partial charge in [-0.15, -0.1) is 0 Å². The summed E-state index contributed by atoms with van der Waals surface area (Å²) < 4.78 is 39.0. The monoisotopic (exact) mass is 274 g/mol. The molecule has 0 aliphatic rings. The SMILES string of the molecule is Cc1nc2c(C(C)C)cccn2c1SC(F)(F)F. The summed E-state index contributed by atoms with van der Waals surface area (Å²) in [6.45, 7) is 5.59. The second-order valence-electron chi connectivity index (χ2n) is 4.36. The molecule has 98 valence electrons. The van der Waals surface area contributed by atoms with E-state index in [-0.39, 0.29) is 22.7 Å². The first-order valence-electron chi connectivity index (χ1n) is 5.53. The van der Waals surface area contributed by atoms with Gasteiger partial charge in [-0.3, -0.25) is 4.40 Å². The van der Waals surface area contributed by atoms with E-state index in [1.807, 2.05) is 19.9 Å². The lowest BCUT2D eigenvalue weighted by molar-refractivity contribution is -0.0330. The average molecular weight is 274 g/mol. The Labute approximate surface area is 107 Å². The maximum atomic E-state index is 12.5. The number of imidazole rings is 1. The predicted octanol–water partition coefficient (Wildman–Crippen LogP) is 4.38. The number of hydrogen-bond donors (Lipinski definition) is 0. The Bertz CT molecular complexity index is 572. The topological polar surface area (TPSA) is 17.3 Å². The van der Waals surface area contributed by atoms with E-state index in [9.17, 15) is 13.2 Å². The lowest BCUT2D eigenvalue weighted by Gasteiger charge is -2.09. The van der Waals surface area contributed by atoms with Crippen LogP contribution in [0.2, 0.25) is 0 Å². The summed E-state index contributed by atoms with van der Waals surface area (Å²) >= 11 is -0.116. The first-order valence-corrected chi connectivity index (χ1v) is 6.34. The van der Waals surface area contributed by atoms with Crippen molar-refractivity contribution in [2.24, 2.45) is 0 Å². The van der Waals surface area contributed by atoms with Gasteiger partial charge in [0.25, 0.3) is 0 Å². The maximum absolute atomic E-state index is 12.5. The van der Waals surface area contributed by atoms with E-state index in [4.69, 9.17) is 0 Å². The van der Waals surface area contributed by atoms with Crippen LogP contribution in [0.15, 0.2) is 23.4 Å². The molecule has 6 heteroatoms. The zero-order valence-corrected chi connectivity index (χ0v) is 11.1. The summed E-state index contributed by atoms with van der Waals surface area (Å²) in [5, 5.41) is 0.139. The minimum atomic E-state index is -4.30. The number of alkyl halides is 3. The lowest BCUT2D eigenvalue weighted by atomic mass is 10.1. The summed E-state index contributed by atoms with van der Waals surface area (Å²) in [6.07, 6.45) is 1.62. The molecular formula is C12H13F3N2S. The van der Waals surface area contributed by atoms with Gasteiger partial charge in [0.1, 0.15) is 10.7 Å². The number of fused-ring (bicyclic) bond motifs is 1.